The number of nitrogens with one attached hydrogen (secondary N) is 1. The number of benzene rings is 1. The fraction of sp³-hybridized carbons (Fsp3) is 0.500. The third-order valence-corrected chi connectivity index (χ3v) is 5.41. The first-order chi connectivity index (χ1) is 14.1. The first-order valence-electron chi connectivity index (χ1n) is 10.4. The molecule has 1 fully saturated rings. The maximum absolute atomic E-state index is 12.4. The van der Waals surface area contributed by atoms with E-state index in [2.05, 4.69) is 15.3 Å². The molecule has 2 heterocycles. The number of aliphatic hydroxyl groups is 1. The van der Waals surface area contributed by atoms with Crippen LogP contribution in [0.25, 0.3) is 0 Å². The van der Waals surface area contributed by atoms with E-state index in [-0.39, 0.29) is 17.2 Å². The molecular weight excluding hydrogens is 368 g/mol. The number of β-amino-alcohol motifs (C(OH)–C–C–N with tert-alkyl or cyclic N) is 1. The smallest absolute Gasteiger partial charge is 0.271 e. The van der Waals surface area contributed by atoms with E-state index in [1.165, 1.54) is 16.8 Å². The van der Waals surface area contributed by atoms with Gasteiger partial charge in [-0.1, -0.05) is 37.3 Å². The summed E-state index contributed by atoms with van der Waals surface area (Å²) in [5, 5.41) is 17.5. The van der Waals surface area contributed by atoms with E-state index < -0.39 is 6.10 Å². The molecule has 1 amide bonds. The molecule has 0 radical (unpaired) electrons. The Morgan fingerprint density at radius 1 is 1.21 bits per heavy atom. The fourth-order valence-electron chi connectivity index (χ4n) is 3.67. The Labute approximate surface area is 171 Å². The monoisotopic (exact) mass is 398 g/mol. The average molecular weight is 399 g/mol. The van der Waals surface area contributed by atoms with E-state index in [9.17, 15) is 14.7 Å². The van der Waals surface area contributed by atoms with Crippen LogP contribution in [0.3, 0.4) is 0 Å². The number of hydrogen-bond donors (Lipinski definition) is 2. The Morgan fingerprint density at radius 2 is 1.93 bits per heavy atom. The molecule has 7 heteroatoms. The van der Waals surface area contributed by atoms with Gasteiger partial charge >= 0.3 is 0 Å². The summed E-state index contributed by atoms with van der Waals surface area (Å²) in [5.74, 6) is 0.169. The average Bonchev–Trinajstić information content (AvgIpc) is 2.75. The van der Waals surface area contributed by atoms with Crippen molar-refractivity contribution >= 4 is 5.91 Å². The van der Waals surface area contributed by atoms with Crippen molar-refractivity contribution in [1.82, 2.24) is 20.0 Å². The predicted octanol–water partition coefficient (Wildman–Crippen LogP) is 1.83. The van der Waals surface area contributed by atoms with Crippen molar-refractivity contribution in [3.63, 3.8) is 0 Å². The second kappa shape index (κ2) is 10.3. The third-order valence-electron chi connectivity index (χ3n) is 5.41. The van der Waals surface area contributed by atoms with Crippen LogP contribution in [0.1, 0.15) is 48.3 Å². The van der Waals surface area contributed by atoms with Crippen molar-refractivity contribution in [1.29, 1.82) is 0 Å². The molecule has 2 N–H and O–H groups in total. The van der Waals surface area contributed by atoms with Gasteiger partial charge in [0.2, 0.25) is 0 Å². The van der Waals surface area contributed by atoms with Gasteiger partial charge in [-0.25, -0.2) is 4.68 Å². The molecule has 1 aromatic carbocycles. The molecule has 3 rings (SSSR count). The first kappa shape index (κ1) is 21.2. The maximum atomic E-state index is 12.4. The molecular formula is C22H30N4O3. The topological polar surface area (TPSA) is 87.5 Å². The van der Waals surface area contributed by atoms with Crippen LogP contribution in [0.15, 0.2) is 47.3 Å². The first-order valence-corrected chi connectivity index (χ1v) is 10.4. The van der Waals surface area contributed by atoms with Gasteiger partial charge in [0.15, 0.2) is 0 Å². The van der Waals surface area contributed by atoms with Gasteiger partial charge in [0.1, 0.15) is 5.69 Å². The van der Waals surface area contributed by atoms with Crippen molar-refractivity contribution in [3.05, 3.63) is 64.1 Å². The summed E-state index contributed by atoms with van der Waals surface area (Å²) < 4.78 is 1.34. The van der Waals surface area contributed by atoms with Gasteiger partial charge in [-0.2, -0.15) is 5.10 Å². The highest BCUT2D eigenvalue weighted by molar-refractivity contribution is 5.91. The van der Waals surface area contributed by atoms with Crippen LogP contribution in [0.5, 0.6) is 0 Å². The second-order valence-electron chi connectivity index (χ2n) is 7.66. The van der Waals surface area contributed by atoms with Crippen molar-refractivity contribution < 1.29 is 9.90 Å². The fourth-order valence-corrected chi connectivity index (χ4v) is 3.67. The van der Waals surface area contributed by atoms with E-state index in [4.69, 9.17) is 0 Å². The Hall–Kier alpha value is -2.51. The number of aliphatic hydroxyl groups excluding tert-OH is 1. The van der Waals surface area contributed by atoms with Gasteiger partial charge in [-0.15, -0.1) is 0 Å². The van der Waals surface area contributed by atoms with Crippen molar-refractivity contribution in [3.8, 4) is 0 Å². The summed E-state index contributed by atoms with van der Waals surface area (Å²) in [7, 11) is 0. The molecule has 0 saturated carbocycles. The van der Waals surface area contributed by atoms with Gasteiger partial charge in [-0.05, 0) is 49.9 Å². The lowest BCUT2D eigenvalue weighted by Crippen LogP contribution is -2.40. The molecule has 1 aromatic heterocycles. The van der Waals surface area contributed by atoms with Gasteiger partial charge in [-0.3, -0.25) is 9.59 Å². The van der Waals surface area contributed by atoms with Crippen LogP contribution in [-0.4, -0.2) is 51.9 Å². The summed E-state index contributed by atoms with van der Waals surface area (Å²) in [6, 6.07) is 12.6. The van der Waals surface area contributed by atoms with Crippen molar-refractivity contribution in [2.24, 2.45) is 5.92 Å². The molecule has 1 unspecified atom stereocenters. The summed E-state index contributed by atoms with van der Waals surface area (Å²) in [6.07, 6.45) is 2.27. The molecule has 156 valence electrons. The standard InChI is InChI=1S/C22H30N4O3/c1-2-12-26-21(28)9-8-19(24-26)22(29)23-15-17-10-13-25(14-11-17)16-20(27)18-6-4-3-5-7-18/h3-9,17,20,27H,2,10-16H2,1H3,(H,23,29). The predicted molar refractivity (Wildman–Crippen MR) is 112 cm³/mol. The van der Waals surface area contributed by atoms with E-state index >= 15 is 0 Å². The highest BCUT2D eigenvalue weighted by Gasteiger charge is 2.22. The minimum absolute atomic E-state index is 0.187. The van der Waals surface area contributed by atoms with E-state index in [1.54, 1.807) is 0 Å². The molecule has 7 nitrogen and oxygen atoms in total. The number of carbonyl (C=O) groups is 1. The number of piperidine rings is 1. The molecule has 2 aromatic rings. The Balaban J connectivity index is 1.43. The van der Waals surface area contributed by atoms with Crippen LogP contribution in [0.4, 0.5) is 0 Å². The normalized spacial score (nSPS) is 16.5. The van der Waals surface area contributed by atoms with E-state index in [0.29, 0.717) is 25.6 Å². The van der Waals surface area contributed by atoms with Crippen LogP contribution < -0.4 is 10.9 Å². The van der Waals surface area contributed by atoms with Crippen molar-refractivity contribution in [2.45, 2.75) is 38.8 Å². The number of likely N-dealkylation sites (tertiary alicyclic amines) is 1. The van der Waals surface area contributed by atoms with Crippen LogP contribution in [-0.2, 0) is 6.54 Å². The molecule has 1 saturated heterocycles. The summed E-state index contributed by atoms with van der Waals surface area (Å²) in [4.78, 5) is 26.4. The van der Waals surface area contributed by atoms with Gasteiger partial charge in [0, 0.05) is 25.7 Å². The quantitative estimate of drug-likeness (QED) is 0.708. The zero-order chi connectivity index (χ0) is 20.6. The number of carbonyl (C=O) groups excluding carboxylic acids is 1. The molecule has 0 aliphatic carbocycles. The van der Waals surface area contributed by atoms with Gasteiger partial charge < -0.3 is 15.3 Å². The lowest BCUT2D eigenvalue weighted by atomic mass is 9.96. The number of amides is 1. The van der Waals surface area contributed by atoms with Crippen LogP contribution in [0, 0.1) is 5.92 Å². The molecule has 1 aliphatic rings. The molecule has 1 aliphatic heterocycles. The minimum Gasteiger partial charge on any atom is -0.387 e. The Morgan fingerprint density at radius 3 is 2.62 bits per heavy atom. The maximum Gasteiger partial charge on any atom is 0.271 e. The number of hydrogen-bond acceptors (Lipinski definition) is 5. The van der Waals surface area contributed by atoms with E-state index in [1.807, 2.05) is 37.3 Å². The Bertz CT molecular complexity index is 845. The number of aromatic nitrogens is 2. The molecule has 0 bridgehead atoms. The lowest BCUT2D eigenvalue weighted by Gasteiger charge is -2.33. The van der Waals surface area contributed by atoms with Gasteiger partial charge in [0.25, 0.3) is 11.5 Å². The van der Waals surface area contributed by atoms with Crippen LogP contribution >= 0.6 is 0 Å². The zero-order valence-electron chi connectivity index (χ0n) is 17.0. The summed E-state index contributed by atoms with van der Waals surface area (Å²) >= 11 is 0. The van der Waals surface area contributed by atoms with Crippen molar-refractivity contribution in [2.75, 3.05) is 26.2 Å². The van der Waals surface area contributed by atoms with Gasteiger partial charge in [0.05, 0.1) is 6.10 Å². The SMILES string of the molecule is CCCn1nc(C(=O)NCC2CCN(CC(O)c3ccccc3)CC2)ccc1=O. The molecule has 29 heavy (non-hydrogen) atoms. The summed E-state index contributed by atoms with van der Waals surface area (Å²) in [5.41, 5.74) is 1.04. The van der Waals surface area contributed by atoms with Crippen LogP contribution in [0.2, 0.25) is 0 Å². The zero-order valence-corrected chi connectivity index (χ0v) is 17.0. The minimum atomic E-state index is -0.475. The highest BCUT2D eigenvalue weighted by atomic mass is 16.3. The Kier molecular flexibility index (Phi) is 7.55. The number of nitrogens with zero attached hydrogens (tertiary/aromatic N) is 3. The summed E-state index contributed by atoms with van der Waals surface area (Å²) in [6.45, 7) is 5.52. The third kappa shape index (κ3) is 5.98. The molecule has 0 spiro atoms. The largest absolute Gasteiger partial charge is 0.387 e. The number of rotatable bonds is 8. The lowest BCUT2D eigenvalue weighted by molar-refractivity contribution is 0.0849. The second-order valence-corrected chi connectivity index (χ2v) is 7.66. The number of aryl methyl sites for hydroxylation is 1. The molecule has 1 atom stereocenters. The van der Waals surface area contributed by atoms with E-state index in [0.717, 1.165) is 37.9 Å². The highest BCUT2D eigenvalue weighted by Crippen LogP contribution is 2.20.